The molecule has 3 rings (SSSR count). The first-order valence-electron chi connectivity index (χ1n) is 7.82. The van der Waals surface area contributed by atoms with Crippen molar-refractivity contribution in [1.82, 2.24) is 20.3 Å². The molecule has 2 fully saturated rings. The van der Waals surface area contributed by atoms with E-state index in [4.69, 9.17) is 4.52 Å². The maximum absolute atomic E-state index is 12.2. The third-order valence-corrected chi connectivity index (χ3v) is 6.05. The average molecular weight is 342 g/mol. The predicted octanol–water partition coefficient (Wildman–Crippen LogP) is -0.00268. The first-order valence-corrected chi connectivity index (χ1v) is 9.64. The molecule has 1 N–H and O–H groups in total. The number of sulfone groups is 1. The predicted molar refractivity (Wildman–Crippen MR) is 83.7 cm³/mol. The molecular weight excluding hydrogens is 320 g/mol. The van der Waals surface area contributed by atoms with Gasteiger partial charge in [-0.1, -0.05) is 5.16 Å². The van der Waals surface area contributed by atoms with E-state index in [0.717, 1.165) is 24.5 Å². The average Bonchev–Trinajstić information content (AvgIpc) is 3.05. The van der Waals surface area contributed by atoms with Crippen LogP contribution in [0, 0.1) is 6.92 Å². The highest BCUT2D eigenvalue weighted by atomic mass is 32.2. The van der Waals surface area contributed by atoms with Gasteiger partial charge in [-0.25, -0.2) is 13.2 Å². The van der Waals surface area contributed by atoms with Gasteiger partial charge < -0.3 is 14.7 Å². The summed E-state index contributed by atoms with van der Waals surface area (Å²) < 4.78 is 27.9. The molecule has 2 saturated heterocycles. The number of carbonyl (C=O) groups excluding carboxylic acids is 1. The number of hydrogen-bond acceptors (Lipinski definition) is 6. The highest BCUT2D eigenvalue weighted by Crippen LogP contribution is 2.13. The monoisotopic (exact) mass is 342 g/mol. The summed E-state index contributed by atoms with van der Waals surface area (Å²) in [4.78, 5) is 16.2. The highest BCUT2D eigenvalue weighted by molar-refractivity contribution is 7.91. The van der Waals surface area contributed by atoms with Crippen molar-refractivity contribution in [2.75, 3.05) is 37.7 Å². The minimum absolute atomic E-state index is 0.0597. The van der Waals surface area contributed by atoms with Crippen molar-refractivity contribution < 1.29 is 17.7 Å². The molecule has 0 aliphatic carbocycles. The molecule has 128 valence electrons. The molecule has 2 amide bonds. The Labute approximate surface area is 135 Å². The van der Waals surface area contributed by atoms with Gasteiger partial charge in [0.15, 0.2) is 9.84 Å². The van der Waals surface area contributed by atoms with Gasteiger partial charge in [0.05, 0.1) is 17.2 Å². The molecule has 9 heteroatoms. The number of nitrogens with one attached hydrogen (secondary N) is 1. The van der Waals surface area contributed by atoms with Crippen LogP contribution >= 0.6 is 0 Å². The zero-order valence-electron chi connectivity index (χ0n) is 13.2. The van der Waals surface area contributed by atoms with Crippen LogP contribution in [0.5, 0.6) is 0 Å². The van der Waals surface area contributed by atoms with E-state index in [-0.39, 0.29) is 23.6 Å². The summed E-state index contributed by atoms with van der Waals surface area (Å²) in [6, 6.07) is 1.51. The van der Waals surface area contributed by atoms with Crippen LogP contribution in [0.15, 0.2) is 10.6 Å². The number of aromatic nitrogens is 1. The second-order valence-corrected chi connectivity index (χ2v) is 8.47. The molecule has 0 radical (unpaired) electrons. The van der Waals surface area contributed by atoms with Crippen molar-refractivity contribution in [3.05, 3.63) is 17.5 Å². The molecule has 0 aromatic carbocycles. The summed E-state index contributed by atoms with van der Waals surface area (Å²) in [7, 11) is -2.97. The van der Waals surface area contributed by atoms with Crippen LogP contribution in [0.1, 0.15) is 17.9 Å². The maximum atomic E-state index is 12.2. The number of urea groups is 1. The van der Waals surface area contributed by atoms with Crippen molar-refractivity contribution in [3.8, 4) is 0 Å². The standard InChI is InChI=1S/C14H22N4O4S/c1-11-8-13(16-22-11)9-17-3-5-18(6-4-17)14(19)15-12-2-7-23(20,21)10-12/h8,12H,2-7,9-10H2,1H3,(H,15,19). The van der Waals surface area contributed by atoms with Crippen LogP contribution in [-0.4, -0.2) is 73.1 Å². The van der Waals surface area contributed by atoms with E-state index in [1.54, 1.807) is 4.90 Å². The van der Waals surface area contributed by atoms with Gasteiger partial charge in [0.25, 0.3) is 0 Å². The van der Waals surface area contributed by atoms with Gasteiger partial charge in [0, 0.05) is 44.8 Å². The second-order valence-electron chi connectivity index (χ2n) is 6.24. The van der Waals surface area contributed by atoms with E-state index >= 15 is 0 Å². The lowest BCUT2D eigenvalue weighted by atomic mass is 10.2. The third-order valence-electron chi connectivity index (χ3n) is 4.28. The zero-order chi connectivity index (χ0) is 16.4. The number of piperazine rings is 1. The molecule has 1 atom stereocenters. The normalized spacial score (nSPS) is 24.7. The number of nitrogens with zero attached hydrogens (tertiary/aromatic N) is 3. The van der Waals surface area contributed by atoms with Crippen molar-refractivity contribution in [1.29, 1.82) is 0 Å². The fourth-order valence-corrected chi connectivity index (χ4v) is 4.68. The lowest BCUT2D eigenvalue weighted by Crippen LogP contribution is -2.53. The second kappa shape index (κ2) is 6.48. The summed E-state index contributed by atoms with van der Waals surface area (Å²) in [6.45, 7) is 5.37. The molecule has 0 bridgehead atoms. The van der Waals surface area contributed by atoms with E-state index in [0.29, 0.717) is 26.1 Å². The summed E-state index contributed by atoms with van der Waals surface area (Å²) in [5.41, 5.74) is 0.900. The number of aryl methyl sites for hydroxylation is 1. The Morgan fingerprint density at radius 3 is 2.70 bits per heavy atom. The van der Waals surface area contributed by atoms with Gasteiger partial charge in [0.1, 0.15) is 5.76 Å². The summed E-state index contributed by atoms with van der Waals surface area (Å²) in [6.07, 6.45) is 0.513. The van der Waals surface area contributed by atoms with E-state index in [9.17, 15) is 13.2 Å². The van der Waals surface area contributed by atoms with E-state index in [2.05, 4.69) is 15.4 Å². The number of hydrogen-bond donors (Lipinski definition) is 1. The van der Waals surface area contributed by atoms with Crippen LogP contribution < -0.4 is 5.32 Å². The fourth-order valence-electron chi connectivity index (χ4n) is 3.01. The van der Waals surface area contributed by atoms with Gasteiger partial charge >= 0.3 is 6.03 Å². The molecule has 23 heavy (non-hydrogen) atoms. The Balaban J connectivity index is 1.44. The van der Waals surface area contributed by atoms with Crippen LogP contribution in [0.4, 0.5) is 4.79 Å². The van der Waals surface area contributed by atoms with Crippen molar-refractivity contribution in [2.45, 2.75) is 25.9 Å². The van der Waals surface area contributed by atoms with Crippen LogP contribution in [0.25, 0.3) is 0 Å². The maximum Gasteiger partial charge on any atom is 0.317 e. The minimum atomic E-state index is -2.97. The zero-order valence-corrected chi connectivity index (χ0v) is 14.0. The molecule has 1 aromatic rings. The quantitative estimate of drug-likeness (QED) is 0.830. The Bertz CT molecular complexity index is 664. The Morgan fingerprint density at radius 1 is 1.39 bits per heavy atom. The van der Waals surface area contributed by atoms with E-state index in [1.807, 2.05) is 13.0 Å². The van der Waals surface area contributed by atoms with Gasteiger partial charge in [-0.15, -0.1) is 0 Å². The van der Waals surface area contributed by atoms with E-state index < -0.39 is 9.84 Å². The van der Waals surface area contributed by atoms with Crippen molar-refractivity contribution >= 4 is 15.9 Å². The van der Waals surface area contributed by atoms with E-state index in [1.165, 1.54) is 0 Å². The van der Waals surface area contributed by atoms with Crippen molar-refractivity contribution in [2.24, 2.45) is 0 Å². The first kappa shape index (κ1) is 16.3. The molecular formula is C14H22N4O4S. The molecule has 3 heterocycles. The smallest absolute Gasteiger partial charge is 0.317 e. The molecule has 0 saturated carbocycles. The molecule has 8 nitrogen and oxygen atoms in total. The Morgan fingerprint density at radius 2 is 2.13 bits per heavy atom. The topological polar surface area (TPSA) is 95.8 Å². The number of amides is 2. The SMILES string of the molecule is Cc1cc(CN2CCN(C(=O)NC3CCS(=O)(=O)C3)CC2)no1. The Hall–Kier alpha value is -1.61. The molecule has 1 unspecified atom stereocenters. The first-order chi connectivity index (χ1) is 10.9. The third kappa shape index (κ3) is 4.23. The molecule has 2 aliphatic rings. The summed E-state index contributed by atoms with van der Waals surface area (Å²) in [5, 5.41) is 6.81. The van der Waals surface area contributed by atoms with Crippen LogP contribution in [0.3, 0.4) is 0 Å². The van der Waals surface area contributed by atoms with Crippen LogP contribution in [-0.2, 0) is 16.4 Å². The minimum Gasteiger partial charge on any atom is -0.361 e. The van der Waals surface area contributed by atoms with Gasteiger partial charge in [0.2, 0.25) is 0 Å². The molecule has 0 spiro atoms. The van der Waals surface area contributed by atoms with Gasteiger partial charge in [-0.3, -0.25) is 4.90 Å². The lowest BCUT2D eigenvalue weighted by molar-refractivity contribution is 0.132. The Kier molecular flexibility index (Phi) is 4.58. The van der Waals surface area contributed by atoms with Gasteiger partial charge in [-0.05, 0) is 13.3 Å². The summed E-state index contributed by atoms with van der Waals surface area (Å²) in [5.74, 6) is 1.03. The summed E-state index contributed by atoms with van der Waals surface area (Å²) >= 11 is 0. The lowest BCUT2D eigenvalue weighted by Gasteiger charge is -2.34. The highest BCUT2D eigenvalue weighted by Gasteiger charge is 2.31. The van der Waals surface area contributed by atoms with Gasteiger partial charge in [-0.2, -0.15) is 0 Å². The molecule has 1 aromatic heterocycles. The van der Waals surface area contributed by atoms with Crippen molar-refractivity contribution in [3.63, 3.8) is 0 Å². The number of carbonyl (C=O) groups is 1. The fraction of sp³-hybridized carbons (Fsp3) is 0.714. The van der Waals surface area contributed by atoms with Crippen LogP contribution in [0.2, 0.25) is 0 Å². The number of rotatable bonds is 3. The molecule has 2 aliphatic heterocycles. The largest absolute Gasteiger partial charge is 0.361 e.